The Morgan fingerprint density at radius 1 is 1.38 bits per heavy atom. The Labute approximate surface area is 82.8 Å². The van der Waals surface area contributed by atoms with Crippen molar-refractivity contribution in [2.24, 2.45) is 0 Å². The summed E-state index contributed by atoms with van der Waals surface area (Å²) >= 11 is 3.09. The van der Waals surface area contributed by atoms with Gasteiger partial charge in [0.2, 0.25) is 5.82 Å². The molecule has 0 unspecified atom stereocenters. The van der Waals surface area contributed by atoms with E-state index in [1.165, 1.54) is 6.07 Å². The first-order valence-corrected chi connectivity index (χ1v) is 4.71. The third-order valence-corrected chi connectivity index (χ3v) is 1.73. The number of alkyl halides is 1. The van der Waals surface area contributed by atoms with Crippen molar-refractivity contribution in [2.75, 3.05) is 17.7 Å². The summed E-state index contributed by atoms with van der Waals surface area (Å²) in [6.45, 7) is 0.241. The van der Waals surface area contributed by atoms with E-state index in [4.69, 9.17) is 10.5 Å². The molecule has 0 spiro atoms. The number of hydrogen-bond donors (Lipinski definition) is 1. The highest BCUT2D eigenvalue weighted by atomic mass is 79.9. The molecule has 1 aromatic carbocycles. The molecule has 0 amide bonds. The Morgan fingerprint density at radius 3 is 2.69 bits per heavy atom. The quantitative estimate of drug-likeness (QED) is 0.661. The van der Waals surface area contributed by atoms with Gasteiger partial charge in [0, 0.05) is 5.33 Å². The summed E-state index contributed by atoms with van der Waals surface area (Å²) in [5.74, 6) is -2.22. The molecule has 0 aromatic heterocycles. The molecule has 0 fully saturated rings. The zero-order valence-electron chi connectivity index (χ0n) is 6.69. The normalized spacial score (nSPS) is 10.1. The van der Waals surface area contributed by atoms with Gasteiger partial charge in [-0.25, -0.2) is 4.39 Å². The molecule has 0 radical (unpaired) electrons. The second-order valence-electron chi connectivity index (χ2n) is 2.32. The zero-order valence-corrected chi connectivity index (χ0v) is 8.27. The molecule has 1 aromatic rings. The van der Waals surface area contributed by atoms with Crippen LogP contribution in [0, 0.1) is 11.6 Å². The number of hydrogen-bond acceptors (Lipinski definition) is 2. The SMILES string of the molecule is Nc1ccc(F)c(F)c1OCCBr. The minimum atomic E-state index is -1.04. The lowest BCUT2D eigenvalue weighted by atomic mass is 10.3. The molecule has 0 saturated heterocycles. The van der Waals surface area contributed by atoms with Crippen LogP contribution in [-0.2, 0) is 0 Å². The summed E-state index contributed by atoms with van der Waals surface area (Å²) in [4.78, 5) is 0. The molecule has 2 nitrogen and oxygen atoms in total. The van der Waals surface area contributed by atoms with Crippen molar-refractivity contribution in [1.82, 2.24) is 0 Å². The van der Waals surface area contributed by atoms with Gasteiger partial charge in [-0.05, 0) is 12.1 Å². The van der Waals surface area contributed by atoms with Crippen molar-refractivity contribution in [3.8, 4) is 5.75 Å². The molecule has 72 valence electrons. The van der Waals surface area contributed by atoms with Gasteiger partial charge in [0.1, 0.15) is 0 Å². The Bertz CT molecular complexity index is 306. The van der Waals surface area contributed by atoms with Crippen LogP contribution in [-0.4, -0.2) is 11.9 Å². The standard InChI is InChI=1S/C8H8BrF2NO/c9-3-4-13-8-6(12)2-1-5(10)7(8)11/h1-2H,3-4,12H2. The fraction of sp³-hybridized carbons (Fsp3) is 0.250. The van der Waals surface area contributed by atoms with Crippen LogP contribution in [0.4, 0.5) is 14.5 Å². The Balaban J connectivity index is 2.96. The first-order chi connectivity index (χ1) is 6.16. The molecule has 1 rings (SSSR count). The van der Waals surface area contributed by atoms with Crippen LogP contribution >= 0.6 is 15.9 Å². The highest BCUT2D eigenvalue weighted by molar-refractivity contribution is 9.09. The lowest BCUT2D eigenvalue weighted by Crippen LogP contribution is -2.04. The van der Waals surface area contributed by atoms with Crippen LogP contribution in [0.25, 0.3) is 0 Å². The van der Waals surface area contributed by atoms with Gasteiger partial charge < -0.3 is 10.5 Å². The van der Waals surface area contributed by atoms with E-state index in [2.05, 4.69) is 15.9 Å². The summed E-state index contributed by atoms with van der Waals surface area (Å²) in [7, 11) is 0. The Kier molecular flexibility index (Phi) is 3.48. The zero-order chi connectivity index (χ0) is 9.84. The Morgan fingerprint density at radius 2 is 2.08 bits per heavy atom. The third-order valence-electron chi connectivity index (χ3n) is 1.40. The molecule has 0 aliphatic carbocycles. The van der Waals surface area contributed by atoms with E-state index in [0.717, 1.165) is 6.07 Å². The van der Waals surface area contributed by atoms with Crippen LogP contribution in [0.2, 0.25) is 0 Å². The highest BCUT2D eigenvalue weighted by Crippen LogP contribution is 2.26. The van der Waals surface area contributed by atoms with Crippen molar-refractivity contribution in [3.05, 3.63) is 23.8 Å². The van der Waals surface area contributed by atoms with E-state index in [0.29, 0.717) is 5.33 Å². The largest absolute Gasteiger partial charge is 0.487 e. The molecule has 0 aliphatic heterocycles. The molecule has 0 bridgehead atoms. The van der Waals surface area contributed by atoms with Gasteiger partial charge in [0.25, 0.3) is 0 Å². The topological polar surface area (TPSA) is 35.2 Å². The van der Waals surface area contributed by atoms with Crippen molar-refractivity contribution < 1.29 is 13.5 Å². The van der Waals surface area contributed by atoms with Gasteiger partial charge in [-0.15, -0.1) is 0 Å². The van der Waals surface area contributed by atoms with Gasteiger partial charge in [0.15, 0.2) is 11.6 Å². The summed E-state index contributed by atoms with van der Waals surface area (Å²) in [6, 6.07) is 2.23. The summed E-state index contributed by atoms with van der Waals surface area (Å²) in [5, 5.41) is 0.530. The van der Waals surface area contributed by atoms with Gasteiger partial charge in [-0.1, -0.05) is 15.9 Å². The number of ether oxygens (including phenoxy) is 1. The molecular formula is C8H8BrF2NO. The number of nitrogens with two attached hydrogens (primary N) is 1. The second kappa shape index (κ2) is 4.41. The molecule has 13 heavy (non-hydrogen) atoms. The molecule has 5 heteroatoms. The summed E-state index contributed by atoms with van der Waals surface area (Å²) in [6.07, 6.45) is 0. The van der Waals surface area contributed by atoms with Crippen LogP contribution < -0.4 is 10.5 Å². The first-order valence-electron chi connectivity index (χ1n) is 3.59. The fourth-order valence-corrected chi connectivity index (χ4v) is 0.996. The number of anilines is 1. The summed E-state index contributed by atoms with van der Waals surface area (Å²) < 4.78 is 30.6. The lowest BCUT2D eigenvalue weighted by molar-refractivity contribution is 0.320. The summed E-state index contributed by atoms with van der Waals surface area (Å²) in [5.41, 5.74) is 5.48. The van der Waals surface area contributed by atoms with Crippen molar-refractivity contribution in [3.63, 3.8) is 0 Å². The number of rotatable bonds is 3. The average Bonchev–Trinajstić information content (AvgIpc) is 2.12. The van der Waals surface area contributed by atoms with E-state index in [-0.39, 0.29) is 18.0 Å². The van der Waals surface area contributed by atoms with Gasteiger partial charge in [-0.2, -0.15) is 4.39 Å². The van der Waals surface area contributed by atoms with E-state index < -0.39 is 11.6 Å². The highest BCUT2D eigenvalue weighted by Gasteiger charge is 2.12. The van der Waals surface area contributed by atoms with Gasteiger partial charge in [0.05, 0.1) is 12.3 Å². The van der Waals surface area contributed by atoms with Gasteiger partial charge in [-0.3, -0.25) is 0 Å². The smallest absolute Gasteiger partial charge is 0.202 e. The maximum absolute atomic E-state index is 13.0. The lowest BCUT2D eigenvalue weighted by Gasteiger charge is -2.08. The first kappa shape index (κ1) is 10.2. The molecule has 0 aliphatic rings. The van der Waals surface area contributed by atoms with E-state index in [1.54, 1.807) is 0 Å². The minimum Gasteiger partial charge on any atom is -0.487 e. The Hall–Kier alpha value is -0.840. The van der Waals surface area contributed by atoms with Gasteiger partial charge >= 0.3 is 0 Å². The van der Waals surface area contributed by atoms with E-state index in [9.17, 15) is 8.78 Å². The fourth-order valence-electron chi connectivity index (χ4n) is 0.834. The van der Waals surface area contributed by atoms with Crippen LogP contribution in [0.3, 0.4) is 0 Å². The van der Waals surface area contributed by atoms with Crippen molar-refractivity contribution in [2.45, 2.75) is 0 Å². The van der Waals surface area contributed by atoms with Crippen molar-refractivity contribution >= 4 is 21.6 Å². The maximum atomic E-state index is 13.0. The van der Waals surface area contributed by atoms with Crippen LogP contribution in [0.5, 0.6) is 5.75 Å². The second-order valence-corrected chi connectivity index (χ2v) is 3.11. The maximum Gasteiger partial charge on any atom is 0.202 e. The predicted molar refractivity (Wildman–Crippen MR) is 50.1 cm³/mol. The molecule has 0 saturated carbocycles. The van der Waals surface area contributed by atoms with Crippen LogP contribution in [0.15, 0.2) is 12.1 Å². The number of nitrogen functional groups attached to an aromatic ring is 1. The molecule has 0 atom stereocenters. The van der Waals surface area contributed by atoms with E-state index >= 15 is 0 Å². The molecule has 2 N–H and O–H groups in total. The van der Waals surface area contributed by atoms with Crippen molar-refractivity contribution in [1.29, 1.82) is 0 Å². The minimum absolute atomic E-state index is 0.0971. The monoisotopic (exact) mass is 251 g/mol. The molecular weight excluding hydrogens is 244 g/mol. The van der Waals surface area contributed by atoms with E-state index in [1.807, 2.05) is 0 Å². The molecule has 0 heterocycles. The third kappa shape index (κ3) is 2.30. The number of halogens is 3. The van der Waals surface area contributed by atoms with Crippen LogP contribution in [0.1, 0.15) is 0 Å². The average molecular weight is 252 g/mol. The number of benzene rings is 1. The predicted octanol–water partition coefficient (Wildman–Crippen LogP) is 2.32.